The molecular weight excluding hydrogens is 317 g/mol. The van der Waals surface area contributed by atoms with Crippen LogP contribution in [-0.4, -0.2) is 29.6 Å². The average molecular weight is 334 g/mol. The molecule has 0 heterocycles. The highest BCUT2D eigenvalue weighted by atomic mass is 35.5. The van der Waals surface area contributed by atoms with Gasteiger partial charge in [0.25, 0.3) is 0 Å². The molecule has 2 N–H and O–H groups in total. The van der Waals surface area contributed by atoms with Gasteiger partial charge in [0.15, 0.2) is 0 Å². The number of carboxylic acid groups (broad SMARTS) is 1. The first kappa shape index (κ1) is 17.6. The van der Waals surface area contributed by atoms with E-state index < -0.39 is 12.0 Å². The largest absolute Gasteiger partial charge is 0.493 e. The molecule has 0 aliphatic heterocycles. The lowest BCUT2D eigenvalue weighted by molar-refractivity contribution is -0.143. The number of aliphatic carboxylic acids is 1. The van der Waals surface area contributed by atoms with Crippen LogP contribution in [0.2, 0.25) is 10.0 Å². The molecule has 0 radical (unpaired) electrons. The Morgan fingerprint density at radius 1 is 1.29 bits per heavy atom. The van der Waals surface area contributed by atoms with E-state index in [-0.39, 0.29) is 24.9 Å². The first-order chi connectivity index (χ1) is 9.81. The first-order valence-electron chi connectivity index (χ1n) is 6.41. The van der Waals surface area contributed by atoms with E-state index in [4.69, 9.17) is 33.0 Å². The van der Waals surface area contributed by atoms with Crippen LogP contribution in [0.3, 0.4) is 0 Å². The van der Waals surface area contributed by atoms with Gasteiger partial charge in [-0.25, -0.2) is 4.79 Å². The van der Waals surface area contributed by atoms with E-state index in [1.165, 1.54) is 0 Å². The van der Waals surface area contributed by atoms with Gasteiger partial charge < -0.3 is 15.2 Å². The highest BCUT2D eigenvalue weighted by molar-refractivity contribution is 6.42. The highest BCUT2D eigenvalue weighted by Crippen LogP contribution is 2.26. The van der Waals surface area contributed by atoms with E-state index in [9.17, 15) is 9.59 Å². The fraction of sp³-hybridized carbons (Fsp3) is 0.429. The predicted molar refractivity (Wildman–Crippen MR) is 81.0 cm³/mol. The smallest absolute Gasteiger partial charge is 0.326 e. The summed E-state index contributed by atoms with van der Waals surface area (Å²) in [6.45, 7) is 3.57. The van der Waals surface area contributed by atoms with Crippen molar-refractivity contribution >= 4 is 35.1 Å². The van der Waals surface area contributed by atoms with E-state index in [1.807, 2.05) is 0 Å². The fourth-order valence-corrected chi connectivity index (χ4v) is 1.88. The van der Waals surface area contributed by atoms with Gasteiger partial charge in [0.05, 0.1) is 23.1 Å². The Morgan fingerprint density at radius 3 is 2.48 bits per heavy atom. The van der Waals surface area contributed by atoms with E-state index in [0.717, 1.165) is 0 Å². The molecule has 0 aromatic heterocycles. The number of halogens is 2. The number of carbonyl (C=O) groups excluding carboxylic acids is 1. The molecule has 116 valence electrons. The van der Waals surface area contributed by atoms with Gasteiger partial charge in [-0.15, -0.1) is 0 Å². The fourth-order valence-electron chi connectivity index (χ4n) is 1.59. The Balaban J connectivity index is 2.42. The molecule has 1 atom stereocenters. The van der Waals surface area contributed by atoms with E-state index >= 15 is 0 Å². The van der Waals surface area contributed by atoms with Gasteiger partial charge in [0.2, 0.25) is 5.91 Å². The monoisotopic (exact) mass is 333 g/mol. The molecule has 1 amide bonds. The Morgan fingerprint density at radius 2 is 1.95 bits per heavy atom. The Hall–Kier alpha value is -1.46. The summed E-state index contributed by atoms with van der Waals surface area (Å²) >= 11 is 11.6. The number of ether oxygens (including phenoxy) is 1. The molecule has 0 fully saturated rings. The lowest BCUT2D eigenvalue weighted by atomic mass is 10.0. The number of carbonyl (C=O) groups is 2. The second-order valence-electron chi connectivity index (χ2n) is 4.80. The normalized spacial score (nSPS) is 12.0. The van der Waals surface area contributed by atoms with E-state index in [0.29, 0.717) is 15.8 Å². The topological polar surface area (TPSA) is 75.6 Å². The van der Waals surface area contributed by atoms with Crippen LogP contribution in [0.4, 0.5) is 0 Å². The third kappa shape index (κ3) is 5.81. The number of amides is 1. The Kier molecular flexibility index (Phi) is 6.78. The summed E-state index contributed by atoms with van der Waals surface area (Å²) < 4.78 is 5.36. The van der Waals surface area contributed by atoms with Crippen molar-refractivity contribution in [2.24, 2.45) is 5.92 Å². The molecule has 0 aliphatic rings. The van der Waals surface area contributed by atoms with E-state index in [1.54, 1.807) is 32.0 Å². The number of benzene rings is 1. The van der Waals surface area contributed by atoms with Gasteiger partial charge in [0, 0.05) is 6.07 Å². The molecule has 1 rings (SSSR count). The van der Waals surface area contributed by atoms with Crippen molar-refractivity contribution in [2.75, 3.05) is 6.61 Å². The van der Waals surface area contributed by atoms with Crippen LogP contribution in [0.15, 0.2) is 18.2 Å². The van der Waals surface area contributed by atoms with Crippen LogP contribution in [0.1, 0.15) is 20.3 Å². The number of carboxylic acids is 1. The molecule has 0 spiro atoms. The van der Waals surface area contributed by atoms with Crippen LogP contribution < -0.4 is 10.1 Å². The van der Waals surface area contributed by atoms with Crippen LogP contribution in [0.5, 0.6) is 5.75 Å². The van der Waals surface area contributed by atoms with Crippen molar-refractivity contribution in [1.82, 2.24) is 5.32 Å². The summed E-state index contributed by atoms with van der Waals surface area (Å²) in [5.41, 5.74) is 0. The minimum atomic E-state index is -1.05. The van der Waals surface area contributed by atoms with Gasteiger partial charge in [-0.05, 0) is 18.1 Å². The number of hydrogen-bond acceptors (Lipinski definition) is 3. The third-order valence-electron chi connectivity index (χ3n) is 2.74. The van der Waals surface area contributed by atoms with Crippen molar-refractivity contribution in [3.63, 3.8) is 0 Å². The second kappa shape index (κ2) is 8.10. The predicted octanol–water partition coefficient (Wildman–Crippen LogP) is 2.99. The number of rotatable bonds is 7. The summed E-state index contributed by atoms with van der Waals surface area (Å²) in [4.78, 5) is 22.6. The van der Waals surface area contributed by atoms with Gasteiger partial charge in [0.1, 0.15) is 11.8 Å². The van der Waals surface area contributed by atoms with Gasteiger partial charge in [-0.3, -0.25) is 4.79 Å². The second-order valence-corrected chi connectivity index (χ2v) is 5.62. The van der Waals surface area contributed by atoms with E-state index in [2.05, 4.69) is 5.32 Å². The minimum absolute atomic E-state index is 0.0523. The Labute approximate surface area is 133 Å². The summed E-state index contributed by atoms with van der Waals surface area (Å²) in [6.07, 6.45) is 0.0523. The van der Waals surface area contributed by atoms with Crippen LogP contribution in [0, 0.1) is 5.92 Å². The number of hydrogen-bond donors (Lipinski definition) is 2. The molecule has 0 unspecified atom stereocenters. The standard InChI is InChI=1S/C14H17Cl2NO4/c1-8(2)13(14(19)20)17-12(18)5-6-21-9-3-4-10(15)11(16)7-9/h3-4,7-8,13H,5-6H2,1-2H3,(H,17,18)(H,19,20)/t13-/m0/s1. The lowest BCUT2D eigenvalue weighted by Crippen LogP contribution is -2.44. The molecule has 1 aromatic carbocycles. The maximum Gasteiger partial charge on any atom is 0.326 e. The SMILES string of the molecule is CC(C)[C@H](NC(=O)CCOc1ccc(Cl)c(Cl)c1)C(=O)O. The van der Waals surface area contributed by atoms with Crippen molar-refractivity contribution in [3.05, 3.63) is 28.2 Å². The lowest BCUT2D eigenvalue weighted by Gasteiger charge is -2.17. The first-order valence-corrected chi connectivity index (χ1v) is 7.17. The molecule has 5 nitrogen and oxygen atoms in total. The number of nitrogens with one attached hydrogen (secondary N) is 1. The third-order valence-corrected chi connectivity index (χ3v) is 3.48. The van der Waals surface area contributed by atoms with Crippen molar-refractivity contribution < 1.29 is 19.4 Å². The van der Waals surface area contributed by atoms with Crippen molar-refractivity contribution in [3.8, 4) is 5.75 Å². The molecule has 0 aliphatic carbocycles. The van der Waals surface area contributed by atoms with Crippen molar-refractivity contribution in [1.29, 1.82) is 0 Å². The zero-order valence-electron chi connectivity index (χ0n) is 11.7. The van der Waals surface area contributed by atoms with Crippen LogP contribution in [-0.2, 0) is 9.59 Å². The maximum atomic E-state index is 11.7. The molecule has 0 saturated heterocycles. The zero-order chi connectivity index (χ0) is 16.0. The summed E-state index contributed by atoms with van der Waals surface area (Å²) in [6, 6.07) is 3.89. The molecule has 1 aromatic rings. The van der Waals surface area contributed by atoms with Crippen LogP contribution in [0.25, 0.3) is 0 Å². The molecule has 0 bridgehead atoms. The van der Waals surface area contributed by atoms with Crippen molar-refractivity contribution in [2.45, 2.75) is 26.3 Å². The minimum Gasteiger partial charge on any atom is -0.493 e. The summed E-state index contributed by atoms with van der Waals surface area (Å²) in [5.74, 6) is -1.13. The van der Waals surface area contributed by atoms with Gasteiger partial charge in [-0.2, -0.15) is 0 Å². The summed E-state index contributed by atoms with van der Waals surface area (Å²) in [5, 5.41) is 12.2. The highest BCUT2D eigenvalue weighted by Gasteiger charge is 2.23. The molecule has 0 saturated carbocycles. The van der Waals surface area contributed by atoms with Crippen LogP contribution >= 0.6 is 23.2 Å². The van der Waals surface area contributed by atoms with Gasteiger partial charge >= 0.3 is 5.97 Å². The zero-order valence-corrected chi connectivity index (χ0v) is 13.2. The maximum absolute atomic E-state index is 11.7. The summed E-state index contributed by atoms with van der Waals surface area (Å²) in [7, 11) is 0. The molecule has 7 heteroatoms. The van der Waals surface area contributed by atoms with Gasteiger partial charge in [-0.1, -0.05) is 37.0 Å². The Bertz CT molecular complexity index is 520. The quantitative estimate of drug-likeness (QED) is 0.804. The molecular formula is C14H17Cl2NO4. The average Bonchev–Trinajstić information content (AvgIpc) is 2.39. The molecule has 21 heavy (non-hydrogen) atoms.